The lowest BCUT2D eigenvalue weighted by Crippen LogP contribution is -2.50. The van der Waals surface area contributed by atoms with Crippen molar-refractivity contribution in [2.24, 2.45) is 5.73 Å². The number of hydrogen-bond donors (Lipinski definition) is 2. The highest BCUT2D eigenvalue weighted by Gasteiger charge is 2.22. The first-order chi connectivity index (χ1) is 9.39. The van der Waals surface area contributed by atoms with E-state index in [-0.39, 0.29) is 0 Å². The van der Waals surface area contributed by atoms with Gasteiger partial charge in [0.2, 0.25) is 0 Å². The molecular formula is C15H24BrN3O. The Hall–Kier alpha value is -0.620. The minimum absolute atomic E-state index is 0.556. The van der Waals surface area contributed by atoms with E-state index >= 15 is 0 Å². The summed E-state index contributed by atoms with van der Waals surface area (Å²) in [4.78, 5) is 4.70. The van der Waals surface area contributed by atoms with Crippen molar-refractivity contribution in [3.63, 3.8) is 0 Å². The molecule has 4 nitrogen and oxygen atoms in total. The molecule has 0 saturated carbocycles. The SMILES string of the molecule is CC(C)(O)CN1CCN(c2ccc(CN)c(Br)c2)CC1. The number of benzene rings is 1. The van der Waals surface area contributed by atoms with E-state index in [1.54, 1.807) is 0 Å². The van der Waals surface area contributed by atoms with Crippen LogP contribution in [-0.2, 0) is 6.54 Å². The van der Waals surface area contributed by atoms with E-state index < -0.39 is 5.60 Å². The number of halogens is 1. The molecule has 0 radical (unpaired) electrons. The zero-order valence-electron chi connectivity index (χ0n) is 12.3. The van der Waals surface area contributed by atoms with Gasteiger partial charge in [-0.05, 0) is 31.5 Å². The molecule has 1 saturated heterocycles. The Labute approximate surface area is 129 Å². The van der Waals surface area contributed by atoms with Crippen LogP contribution in [0.5, 0.6) is 0 Å². The third-order valence-electron chi connectivity index (χ3n) is 3.60. The fourth-order valence-electron chi connectivity index (χ4n) is 2.61. The summed E-state index contributed by atoms with van der Waals surface area (Å²) in [6.07, 6.45) is 0. The second kappa shape index (κ2) is 6.43. The Morgan fingerprint density at radius 3 is 2.40 bits per heavy atom. The van der Waals surface area contributed by atoms with E-state index in [9.17, 15) is 5.11 Å². The molecule has 0 aliphatic carbocycles. The summed E-state index contributed by atoms with van der Waals surface area (Å²) in [5.74, 6) is 0. The summed E-state index contributed by atoms with van der Waals surface area (Å²) < 4.78 is 1.08. The third-order valence-corrected chi connectivity index (χ3v) is 4.34. The molecule has 1 heterocycles. The molecule has 0 amide bonds. The quantitative estimate of drug-likeness (QED) is 0.876. The lowest BCUT2D eigenvalue weighted by Gasteiger charge is -2.38. The van der Waals surface area contributed by atoms with Crippen molar-refractivity contribution in [3.8, 4) is 0 Å². The minimum atomic E-state index is -0.617. The van der Waals surface area contributed by atoms with Crippen LogP contribution in [0.1, 0.15) is 19.4 Å². The first-order valence-electron chi connectivity index (χ1n) is 7.07. The van der Waals surface area contributed by atoms with Crippen LogP contribution in [0.25, 0.3) is 0 Å². The molecule has 0 unspecified atom stereocenters. The lowest BCUT2D eigenvalue weighted by atomic mass is 10.1. The van der Waals surface area contributed by atoms with Crippen molar-refractivity contribution in [2.45, 2.75) is 26.0 Å². The van der Waals surface area contributed by atoms with E-state index in [1.165, 1.54) is 5.69 Å². The van der Waals surface area contributed by atoms with Gasteiger partial charge in [0, 0.05) is 49.4 Å². The fourth-order valence-corrected chi connectivity index (χ4v) is 3.14. The Kier molecular flexibility index (Phi) is 5.07. The van der Waals surface area contributed by atoms with Gasteiger partial charge in [0.1, 0.15) is 0 Å². The maximum atomic E-state index is 9.87. The van der Waals surface area contributed by atoms with Crippen LogP contribution >= 0.6 is 15.9 Å². The number of aliphatic hydroxyl groups is 1. The molecule has 0 spiro atoms. The average molecular weight is 342 g/mol. The number of piperazine rings is 1. The molecule has 1 aromatic carbocycles. The molecule has 2 rings (SSSR count). The summed E-state index contributed by atoms with van der Waals surface area (Å²) in [5.41, 5.74) is 7.43. The summed E-state index contributed by atoms with van der Waals surface area (Å²) in [7, 11) is 0. The zero-order chi connectivity index (χ0) is 14.8. The van der Waals surface area contributed by atoms with Crippen LogP contribution in [0, 0.1) is 0 Å². The van der Waals surface area contributed by atoms with Gasteiger partial charge in [-0.25, -0.2) is 0 Å². The highest BCUT2D eigenvalue weighted by molar-refractivity contribution is 9.10. The second-order valence-electron chi connectivity index (χ2n) is 6.06. The smallest absolute Gasteiger partial charge is 0.0718 e. The van der Waals surface area contributed by atoms with Gasteiger partial charge in [0.05, 0.1) is 5.60 Å². The number of nitrogens with two attached hydrogens (primary N) is 1. The predicted octanol–water partition coefficient (Wildman–Crippen LogP) is 1.80. The summed E-state index contributed by atoms with van der Waals surface area (Å²) in [5, 5.41) is 9.87. The topological polar surface area (TPSA) is 52.7 Å². The van der Waals surface area contributed by atoms with E-state index in [2.05, 4.69) is 43.9 Å². The van der Waals surface area contributed by atoms with Crippen molar-refractivity contribution < 1.29 is 5.11 Å². The molecule has 20 heavy (non-hydrogen) atoms. The average Bonchev–Trinajstić information content (AvgIpc) is 2.37. The summed E-state index contributed by atoms with van der Waals surface area (Å²) in [6.45, 7) is 8.97. The maximum absolute atomic E-state index is 9.87. The predicted molar refractivity (Wildman–Crippen MR) is 87.0 cm³/mol. The van der Waals surface area contributed by atoms with Gasteiger partial charge in [-0.1, -0.05) is 22.0 Å². The van der Waals surface area contributed by atoms with Crippen LogP contribution < -0.4 is 10.6 Å². The Morgan fingerprint density at radius 1 is 1.25 bits per heavy atom. The molecular weight excluding hydrogens is 318 g/mol. The van der Waals surface area contributed by atoms with Gasteiger partial charge in [-0.15, -0.1) is 0 Å². The monoisotopic (exact) mass is 341 g/mol. The van der Waals surface area contributed by atoms with Gasteiger partial charge in [0.25, 0.3) is 0 Å². The van der Waals surface area contributed by atoms with E-state index in [4.69, 9.17) is 5.73 Å². The van der Waals surface area contributed by atoms with E-state index in [0.717, 1.165) is 42.8 Å². The highest BCUT2D eigenvalue weighted by Crippen LogP contribution is 2.25. The van der Waals surface area contributed by atoms with E-state index in [1.807, 2.05) is 13.8 Å². The van der Waals surface area contributed by atoms with Crippen LogP contribution in [-0.4, -0.2) is 48.3 Å². The molecule has 1 aliphatic rings. The number of β-amino-alcohol motifs (C(OH)–C–C–N with tert-alkyl or cyclic N) is 1. The van der Waals surface area contributed by atoms with Crippen molar-refractivity contribution in [2.75, 3.05) is 37.6 Å². The molecule has 1 aromatic rings. The van der Waals surface area contributed by atoms with Crippen molar-refractivity contribution in [1.82, 2.24) is 4.90 Å². The van der Waals surface area contributed by atoms with Crippen molar-refractivity contribution in [3.05, 3.63) is 28.2 Å². The Balaban J connectivity index is 1.95. The van der Waals surface area contributed by atoms with Gasteiger partial charge in [-0.3, -0.25) is 4.90 Å². The number of nitrogens with zero attached hydrogens (tertiary/aromatic N) is 2. The minimum Gasteiger partial charge on any atom is -0.389 e. The van der Waals surface area contributed by atoms with Crippen molar-refractivity contribution in [1.29, 1.82) is 0 Å². The number of hydrogen-bond acceptors (Lipinski definition) is 4. The van der Waals surface area contributed by atoms with Gasteiger partial charge < -0.3 is 15.7 Å². The third kappa shape index (κ3) is 4.19. The maximum Gasteiger partial charge on any atom is 0.0718 e. The number of rotatable bonds is 4. The molecule has 1 aliphatic heterocycles. The zero-order valence-corrected chi connectivity index (χ0v) is 13.9. The molecule has 112 valence electrons. The van der Waals surface area contributed by atoms with Crippen molar-refractivity contribution >= 4 is 21.6 Å². The van der Waals surface area contributed by atoms with E-state index in [0.29, 0.717) is 6.54 Å². The van der Waals surface area contributed by atoms with Crippen LogP contribution in [0.3, 0.4) is 0 Å². The number of anilines is 1. The lowest BCUT2D eigenvalue weighted by molar-refractivity contribution is 0.0345. The Morgan fingerprint density at radius 2 is 1.90 bits per heavy atom. The fraction of sp³-hybridized carbons (Fsp3) is 0.600. The highest BCUT2D eigenvalue weighted by atomic mass is 79.9. The molecule has 0 atom stereocenters. The molecule has 0 bridgehead atoms. The second-order valence-corrected chi connectivity index (χ2v) is 6.91. The molecule has 0 aromatic heterocycles. The standard InChI is InChI=1S/C15H24BrN3O/c1-15(2,20)11-18-5-7-19(8-6-18)13-4-3-12(10-17)14(16)9-13/h3-4,9,20H,5-8,10-11,17H2,1-2H3. The normalized spacial score (nSPS) is 17.6. The Bertz CT molecular complexity index is 451. The molecule has 1 fully saturated rings. The van der Waals surface area contributed by atoms with Gasteiger partial charge in [-0.2, -0.15) is 0 Å². The summed E-state index contributed by atoms with van der Waals surface area (Å²) in [6, 6.07) is 6.37. The van der Waals surface area contributed by atoms with Crippen LogP contribution in [0.4, 0.5) is 5.69 Å². The van der Waals surface area contributed by atoms with Gasteiger partial charge in [0.15, 0.2) is 0 Å². The first kappa shape index (κ1) is 15.8. The van der Waals surface area contributed by atoms with Gasteiger partial charge >= 0.3 is 0 Å². The molecule has 5 heteroatoms. The summed E-state index contributed by atoms with van der Waals surface area (Å²) >= 11 is 3.58. The molecule has 3 N–H and O–H groups in total. The largest absolute Gasteiger partial charge is 0.389 e. The van der Waals surface area contributed by atoms with Crippen LogP contribution in [0.15, 0.2) is 22.7 Å². The first-order valence-corrected chi connectivity index (χ1v) is 7.86. The van der Waals surface area contributed by atoms with Crippen LogP contribution in [0.2, 0.25) is 0 Å².